The van der Waals surface area contributed by atoms with Gasteiger partial charge >= 0.3 is 5.69 Å². The summed E-state index contributed by atoms with van der Waals surface area (Å²) in [4.78, 5) is 31.1. The molecule has 0 fully saturated rings. The van der Waals surface area contributed by atoms with Gasteiger partial charge in [-0.05, 0) is 23.6 Å². The van der Waals surface area contributed by atoms with Crippen molar-refractivity contribution in [2.45, 2.75) is 33.5 Å². The van der Waals surface area contributed by atoms with Gasteiger partial charge in [0.1, 0.15) is 12.4 Å². The first kappa shape index (κ1) is 21.9. The summed E-state index contributed by atoms with van der Waals surface area (Å²) in [6, 6.07) is 16.8. The maximum absolute atomic E-state index is 13.3. The van der Waals surface area contributed by atoms with Crippen molar-refractivity contribution < 1.29 is 4.74 Å². The summed E-state index contributed by atoms with van der Waals surface area (Å²) in [5.74, 6) is 0.830. The van der Waals surface area contributed by atoms with E-state index in [1.165, 1.54) is 4.57 Å². The predicted octanol–water partition coefficient (Wildman–Crippen LogP) is 3.80. The van der Waals surface area contributed by atoms with Gasteiger partial charge in [-0.2, -0.15) is 0 Å². The van der Waals surface area contributed by atoms with Crippen LogP contribution in [0.1, 0.15) is 19.4 Å². The molecule has 4 rings (SSSR count). The lowest BCUT2D eigenvalue weighted by Gasteiger charge is -2.14. The first-order chi connectivity index (χ1) is 15.5. The lowest BCUT2D eigenvalue weighted by Crippen LogP contribution is -2.42. The standard InChI is InChI=1S/C24H25ClN4O3/c1-17(2)14-27-16-26-22-21(27)23(30)28(12-13-32-20-11-7-6-10-19(20)25)24(31)29(22)15-18-8-4-3-5-9-18/h3-11,16-17H,12-15H2,1-2H3. The van der Waals surface area contributed by atoms with Crippen LogP contribution in [0, 0.1) is 5.92 Å². The van der Waals surface area contributed by atoms with Crippen LogP contribution in [0.25, 0.3) is 11.2 Å². The topological polar surface area (TPSA) is 71.1 Å². The van der Waals surface area contributed by atoms with Crippen molar-refractivity contribution in [2.75, 3.05) is 6.61 Å². The van der Waals surface area contributed by atoms with Crippen LogP contribution in [0.5, 0.6) is 5.75 Å². The zero-order valence-electron chi connectivity index (χ0n) is 18.1. The fourth-order valence-corrected chi connectivity index (χ4v) is 3.88. The molecule has 7 nitrogen and oxygen atoms in total. The number of ether oxygens (including phenoxy) is 1. The molecule has 0 N–H and O–H groups in total. The van der Waals surface area contributed by atoms with Gasteiger partial charge in [-0.15, -0.1) is 0 Å². The van der Waals surface area contributed by atoms with Crippen molar-refractivity contribution in [3.8, 4) is 5.75 Å². The van der Waals surface area contributed by atoms with E-state index in [2.05, 4.69) is 18.8 Å². The fraction of sp³-hybridized carbons (Fsp3) is 0.292. The number of rotatable bonds is 8. The van der Waals surface area contributed by atoms with Gasteiger partial charge in [-0.1, -0.05) is 67.9 Å². The molecule has 32 heavy (non-hydrogen) atoms. The molecule has 166 valence electrons. The quantitative estimate of drug-likeness (QED) is 0.407. The van der Waals surface area contributed by atoms with Crippen molar-refractivity contribution in [2.24, 2.45) is 5.92 Å². The van der Waals surface area contributed by atoms with E-state index in [9.17, 15) is 9.59 Å². The molecule has 0 bridgehead atoms. The van der Waals surface area contributed by atoms with E-state index in [1.54, 1.807) is 23.0 Å². The second kappa shape index (κ2) is 9.44. The van der Waals surface area contributed by atoms with Gasteiger partial charge in [0.15, 0.2) is 11.2 Å². The van der Waals surface area contributed by atoms with E-state index in [4.69, 9.17) is 16.3 Å². The highest BCUT2D eigenvalue weighted by Crippen LogP contribution is 2.22. The minimum Gasteiger partial charge on any atom is -0.490 e. The minimum absolute atomic E-state index is 0.0977. The summed E-state index contributed by atoms with van der Waals surface area (Å²) >= 11 is 6.15. The fourth-order valence-electron chi connectivity index (χ4n) is 3.68. The van der Waals surface area contributed by atoms with Crippen LogP contribution < -0.4 is 16.0 Å². The second-order valence-electron chi connectivity index (χ2n) is 8.05. The zero-order valence-corrected chi connectivity index (χ0v) is 18.8. The normalized spacial score (nSPS) is 11.4. The average Bonchev–Trinajstić information content (AvgIpc) is 3.18. The summed E-state index contributed by atoms with van der Waals surface area (Å²) in [7, 11) is 0. The largest absolute Gasteiger partial charge is 0.490 e. The molecule has 0 saturated carbocycles. The number of hydrogen-bond donors (Lipinski definition) is 0. The maximum atomic E-state index is 13.3. The number of fused-ring (bicyclic) bond motifs is 1. The molecule has 0 aliphatic heterocycles. The summed E-state index contributed by atoms with van der Waals surface area (Å²) in [6.07, 6.45) is 1.64. The second-order valence-corrected chi connectivity index (χ2v) is 8.46. The summed E-state index contributed by atoms with van der Waals surface area (Å²) in [6.45, 7) is 5.32. The van der Waals surface area contributed by atoms with E-state index < -0.39 is 5.69 Å². The Balaban J connectivity index is 1.76. The Kier molecular flexibility index (Phi) is 6.46. The van der Waals surface area contributed by atoms with Crippen molar-refractivity contribution in [1.29, 1.82) is 0 Å². The summed E-state index contributed by atoms with van der Waals surface area (Å²) < 4.78 is 10.3. The minimum atomic E-state index is -0.413. The smallest absolute Gasteiger partial charge is 0.333 e. The third kappa shape index (κ3) is 4.48. The average molecular weight is 453 g/mol. The summed E-state index contributed by atoms with van der Waals surface area (Å²) in [5.41, 5.74) is 0.991. The number of hydrogen-bond acceptors (Lipinski definition) is 4. The Bertz CT molecular complexity index is 1340. The molecule has 2 heterocycles. The molecule has 0 amide bonds. The number of nitrogens with zero attached hydrogens (tertiary/aromatic N) is 4. The van der Waals surface area contributed by atoms with Crippen molar-refractivity contribution >= 4 is 22.8 Å². The first-order valence-corrected chi connectivity index (χ1v) is 10.9. The Morgan fingerprint density at radius 3 is 2.44 bits per heavy atom. The van der Waals surface area contributed by atoms with Crippen molar-refractivity contribution in [1.82, 2.24) is 18.7 Å². The van der Waals surface area contributed by atoms with Gasteiger partial charge in [0.2, 0.25) is 0 Å². The number of para-hydroxylation sites is 1. The maximum Gasteiger partial charge on any atom is 0.333 e. The molecular formula is C24H25ClN4O3. The molecular weight excluding hydrogens is 428 g/mol. The molecule has 0 aliphatic rings. The molecule has 4 aromatic rings. The number of aromatic nitrogens is 4. The van der Waals surface area contributed by atoms with Crippen LogP contribution in [0.2, 0.25) is 5.02 Å². The molecule has 2 aromatic heterocycles. The van der Waals surface area contributed by atoms with Crippen molar-refractivity contribution in [3.63, 3.8) is 0 Å². The lowest BCUT2D eigenvalue weighted by atomic mass is 10.2. The van der Waals surface area contributed by atoms with Crippen molar-refractivity contribution in [3.05, 3.63) is 92.3 Å². The van der Waals surface area contributed by atoms with E-state index in [1.807, 2.05) is 47.0 Å². The van der Waals surface area contributed by atoms with E-state index in [0.717, 1.165) is 5.56 Å². The van der Waals surface area contributed by atoms with Gasteiger partial charge in [0.05, 0.1) is 24.4 Å². The Labute approximate surface area is 190 Å². The third-order valence-electron chi connectivity index (χ3n) is 5.14. The number of halogens is 1. The molecule has 0 aliphatic carbocycles. The molecule has 8 heteroatoms. The van der Waals surface area contributed by atoms with Crippen LogP contribution in [-0.4, -0.2) is 25.3 Å². The highest BCUT2D eigenvalue weighted by molar-refractivity contribution is 6.32. The van der Waals surface area contributed by atoms with Gasteiger partial charge in [-0.25, -0.2) is 9.78 Å². The summed E-state index contributed by atoms with van der Waals surface area (Å²) in [5, 5.41) is 0.479. The third-order valence-corrected chi connectivity index (χ3v) is 5.45. The van der Waals surface area contributed by atoms with Crippen LogP contribution >= 0.6 is 11.6 Å². The van der Waals surface area contributed by atoms with Crippen LogP contribution in [0.3, 0.4) is 0 Å². The lowest BCUT2D eigenvalue weighted by molar-refractivity contribution is 0.292. The molecule has 0 unspecified atom stereocenters. The Hall–Kier alpha value is -3.32. The van der Waals surface area contributed by atoms with E-state index in [0.29, 0.717) is 40.9 Å². The Morgan fingerprint density at radius 2 is 1.72 bits per heavy atom. The van der Waals surface area contributed by atoms with Crippen LogP contribution in [0.4, 0.5) is 0 Å². The molecule has 0 spiro atoms. The number of benzene rings is 2. The van der Waals surface area contributed by atoms with Gasteiger partial charge in [-0.3, -0.25) is 13.9 Å². The van der Waals surface area contributed by atoms with Crippen LogP contribution in [-0.2, 0) is 19.6 Å². The van der Waals surface area contributed by atoms with Gasteiger partial charge < -0.3 is 9.30 Å². The number of imidazole rings is 1. The van der Waals surface area contributed by atoms with Crippen LogP contribution in [0.15, 0.2) is 70.5 Å². The molecule has 0 radical (unpaired) electrons. The highest BCUT2D eigenvalue weighted by Gasteiger charge is 2.19. The zero-order chi connectivity index (χ0) is 22.7. The predicted molar refractivity (Wildman–Crippen MR) is 126 cm³/mol. The van der Waals surface area contributed by atoms with E-state index in [-0.39, 0.29) is 18.7 Å². The SMILES string of the molecule is CC(C)Cn1cnc2c1c(=O)n(CCOc1ccccc1Cl)c(=O)n2Cc1ccccc1. The first-order valence-electron chi connectivity index (χ1n) is 10.6. The van der Waals surface area contributed by atoms with Gasteiger partial charge in [0, 0.05) is 6.54 Å². The molecule has 2 aromatic carbocycles. The molecule has 0 atom stereocenters. The molecule has 0 saturated heterocycles. The van der Waals surface area contributed by atoms with Gasteiger partial charge in [0.25, 0.3) is 5.56 Å². The highest BCUT2D eigenvalue weighted by atomic mass is 35.5. The monoisotopic (exact) mass is 452 g/mol. The van der Waals surface area contributed by atoms with E-state index >= 15 is 0 Å². The Morgan fingerprint density at radius 1 is 1.00 bits per heavy atom.